The SMILES string of the molecule is Cc1cc(CN2CCC(C)(CN)C2)c2ccccc2n1. The van der Waals surface area contributed by atoms with Gasteiger partial charge in [0.15, 0.2) is 0 Å². The van der Waals surface area contributed by atoms with Crippen LogP contribution in [0.4, 0.5) is 0 Å². The summed E-state index contributed by atoms with van der Waals surface area (Å²) in [4.78, 5) is 7.14. The Balaban J connectivity index is 1.88. The third kappa shape index (κ3) is 2.56. The highest BCUT2D eigenvalue weighted by Gasteiger charge is 2.32. The van der Waals surface area contributed by atoms with Gasteiger partial charge in [0.2, 0.25) is 0 Å². The number of likely N-dealkylation sites (tertiary alicyclic amines) is 1. The molecule has 1 saturated heterocycles. The lowest BCUT2D eigenvalue weighted by atomic mass is 9.90. The summed E-state index contributed by atoms with van der Waals surface area (Å²) in [5.41, 5.74) is 9.77. The standard InChI is InChI=1S/C17H23N3/c1-13-9-14(15-5-3-4-6-16(15)19-13)10-20-8-7-17(2,11-18)12-20/h3-6,9H,7-8,10-12,18H2,1-2H3. The number of hydrogen-bond donors (Lipinski definition) is 1. The molecule has 3 heteroatoms. The molecule has 106 valence electrons. The Kier molecular flexibility index (Phi) is 3.48. The van der Waals surface area contributed by atoms with Crippen LogP contribution in [-0.2, 0) is 6.54 Å². The lowest BCUT2D eigenvalue weighted by Crippen LogP contribution is -2.31. The highest BCUT2D eigenvalue weighted by molar-refractivity contribution is 5.82. The van der Waals surface area contributed by atoms with Crippen molar-refractivity contribution in [2.45, 2.75) is 26.8 Å². The van der Waals surface area contributed by atoms with Crippen LogP contribution in [0.15, 0.2) is 30.3 Å². The number of fused-ring (bicyclic) bond motifs is 1. The molecule has 20 heavy (non-hydrogen) atoms. The average Bonchev–Trinajstić information content (AvgIpc) is 2.81. The highest BCUT2D eigenvalue weighted by Crippen LogP contribution is 2.30. The first kappa shape index (κ1) is 13.5. The van der Waals surface area contributed by atoms with Crippen LogP contribution in [0.1, 0.15) is 24.6 Å². The number of rotatable bonds is 3. The second-order valence-corrected chi connectivity index (χ2v) is 6.42. The fourth-order valence-corrected chi connectivity index (χ4v) is 3.19. The first-order valence-corrected chi connectivity index (χ1v) is 7.37. The molecule has 0 aliphatic carbocycles. The minimum atomic E-state index is 0.290. The number of aryl methyl sites for hydroxylation is 1. The van der Waals surface area contributed by atoms with Crippen LogP contribution in [0.3, 0.4) is 0 Å². The molecule has 2 aromatic rings. The maximum atomic E-state index is 5.90. The molecule has 1 aliphatic rings. The van der Waals surface area contributed by atoms with Crippen molar-refractivity contribution in [2.75, 3.05) is 19.6 Å². The summed E-state index contributed by atoms with van der Waals surface area (Å²) >= 11 is 0. The quantitative estimate of drug-likeness (QED) is 0.931. The first-order valence-electron chi connectivity index (χ1n) is 7.37. The predicted octanol–water partition coefficient (Wildman–Crippen LogP) is 2.71. The molecular weight excluding hydrogens is 246 g/mol. The van der Waals surface area contributed by atoms with Gasteiger partial charge < -0.3 is 5.73 Å². The van der Waals surface area contributed by atoms with Gasteiger partial charge in [-0.1, -0.05) is 25.1 Å². The predicted molar refractivity (Wildman–Crippen MR) is 83.5 cm³/mol. The number of pyridine rings is 1. The van der Waals surface area contributed by atoms with Crippen molar-refractivity contribution < 1.29 is 0 Å². The second kappa shape index (κ2) is 5.15. The van der Waals surface area contributed by atoms with Gasteiger partial charge in [-0.25, -0.2) is 0 Å². The molecule has 3 nitrogen and oxygen atoms in total. The van der Waals surface area contributed by atoms with E-state index in [0.29, 0.717) is 0 Å². The molecule has 1 aromatic carbocycles. The van der Waals surface area contributed by atoms with Crippen LogP contribution in [0.5, 0.6) is 0 Å². The summed E-state index contributed by atoms with van der Waals surface area (Å²) in [5.74, 6) is 0. The Morgan fingerprint density at radius 1 is 1.35 bits per heavy atom. The van der Waals surface area contributed by atoms with Gasteiger partial charge in [-0.05, 0) is 49.5 Å². The van der Waals surface area contributed by atoms with E-state index in [9.17, 15) is 0 Å². The molecule has 3 rings (SSSR count). The van der Waals surface area contributed by atoms with E-state index in [-0.39, 0.29) is 5.41 Å². The zero-order valence-electron chi connectivity index (χ0n) is 12.4. The maximum absolute atomic E-state index is 5.90. The Bertz CT molecular complexity index is 623. The number of aromatic nitrogens is 1. The van der Waals surface area contributed by atoms with E-state index >= 15 is 0 Å². The van der Waals surface area contributed by atoms with Crippen molar-refractivity contribution in [3.63, 3.8) is 0 Å². The number of para-hydroxylation sites is 1. The van der Waals surface area contributed by atoms with Gasteiger partial charge in [0.05, 0.1) is 5.52 Å². The van der Waals surface area contributed by atoms with Crippen molar-refractivity contribution in [3.8, 4) is 0 Å². The number of nitrogens with two attached hydrogens (primary N) is 1. The van der Waals surface area contributed by atoms with E-state index in [1.54, 1.807) is 0 Å². The smallest absolute Gasteiger partial charge is 0.0708 e. The summed E-state index contributed by atoms with van der Waals surface area (Å²) in [6.45, 7) is 8.38. The summed E-state index contributed by atoms with van der Waals surface area (Å²) in [7, 11) is 0. The summed E-state index contributed by atoms with van der Waals surface area (Å²) < 4.78 is 0. The lowest BCUT2D eigenvalue weighted by molar-refractivity contribution is 0.275. The number of hydrogen-bond acceptors (Lipinski definition) is 3. The van der Waals surface area contributed by atoms with Crippen LogP contribution in [0.25, 0.3) is 10.9 Å². The van der Waals surface area contributed by atoms with E-state index in [0.717, 1.165) is 37.4 Å². The first-order chi connectivity index (χ1) is 9.59. The van der Waals surface area contributed by atoms with Crippen molar-refractivity contribution in [3.05, 3.63) is 41.6 Å². The Labute approximate surface area is 120 Å². The zero-order chi connectivity index (χ0) is 14.2. The van der Waals surface area contributed by atoms with Gasteiger partial charge in [0.1, 0.15) is 0 Å². The molecule has 0 spiro atoms. The largest absolute Gasteiger partial charge is 0.330 e. The van der Waals surface area contributed by atoms with Crippen molar-refractivity contribution in [1.29, 1.82) is 0 Å². The van der Waals surface area contributed by atoms with E-state index in [1.165, 1.54) is 17.4 Å². The van der Waals surface area contributed by atoms with Gasteiger partial charge in [0.25, 0.3) is 0 Å². The Morgan fingerprint density at radius 2 is 2.15 bits per heavy atom. The van der Waals surface area contributed by atoms with E-state index in [4.69, 9.17) is 5.73 Å². The Hall–Kier alpha value is -1.45. The molecule has 1 unspecified atom stereocenters. The number of benzene rings is 1. The molecule has 1 atom stereocenters. The number of nitrogens with zero attached hydrogens (tertiary/aromatic N) is 2. The summed E-state index contributed by atoms with van der Waals surface area (Å²) in [6, 6.07) is 10.6. The van der Waals surface area contributed by atoms with Crippen LogP contribution >= 0.6 is 0 Å². The molecular formula is C17H23N3. The summed E-state index contributed by atoms with van der Waals surface area (Å²) in [6.07, 6.45) is 1.20. The van der Waals surface area contributed by atoms with Crippen LogP contribution < -0.4 is 5.73 Å². The maximum Gasteiger partial charge on any atom is 0.0708 e. The molecule has 1 aliphatic heterocycles. The van der Waals surface area contributed by atoms with Crippen LogP contribution in [0, 0.1) is 12.3 Å². The van der Waals surface area contributed by atoms with Crippen molar-refractivity contribution in [2.24, 2.45) is 11.1 Å². The molecule has 0 bridgehead atoms. The second-order valence-electron chi connectivity index (χ2n) is 6.42. The fraction of sp³-hybridized carbons (Fsp3) is 0.471. The van der Waals surface area contributed by atoms with Gasteiger partial charge in [-0.3, -0.25) is 9.88 Å². The molecule has 1 aromatic heterocycles. The van der Waals surface area contributed by atoms with E-state index < -0.39 is 0 Å². The molecule has 0 saturated carbocycles. The minimum Gasteiger partial charge on any atom is -0.330 e. The van der Waals surface area contributed by atoms with Gasteiger partial charge in [-0.2, -0.15) is 0 Å². The lowest BCUT2D eigenvalue weighted by Gasteiger charge is -2.23. The average molecular weight is 269 g/mol. The fourth-order valence-electron chi connectivity index (χ4n) is 3.19. The molecule has 0 radical (unpaired) electrons. The highest BCUT2D eigenvalue weighted by atomic mass is 15.2. The van der Waals surface area contributed by atoms with E-state index in [1.807, 2.05) is 0 Å². The minimum absolute atomic E-state index is 0.290. The van der Waals surface area contributed by atoms with Crippen molar-refractivity contribution in [1.82, 2.24) is 9.88 Å². The molecule has 2 heterocycles. The molecule has 2 N–H and O–H groups in total. The molecule has 1 fully saturated rings. The summed E-state index contributed by atoms with van der Waals surface area (Å²) in [5, 5.41) is 1.28. The monoisotopic (exact) mass is 269 g/mol. The normalized spacial score (nSPS) is 23.6. The topological polar surface area (TPSA) is 42.1 Å². The van der Waals surface area contributed by atoms with Crippen LogP contribution in [-0.4, -0.2) is 29.5 Å². The zero-order valence-corrected chi connectivity index (χ0v) is 12.4. The van der Waals surface area contributed by atoms with E-state index in [2.05, 4.69) is 54.1 Å². The van der Waals surface area contributed by atoms with Gasteiger partial charge in [0, 0.05) is 24.2 Å². The Morgan fingerprint density at radius 3 is 2.90 bits per heavy atom. The third-order valence-corrected chi connectivity index (χ3v) is 4.45. The van der Waals surface area contributed by atoms with Crippen LogP contribution in [0.2, 0.25) is 0 Å². The van der Waals surface area contributed by atoms with Gasteiger partial charge >= 0.3 is 0 Å². The van der Waals surface area contributed by atoms with Gasteiger partial charge in [-0.15, -0.1) is 0 Å². The third-order valence-electron chi connectivity index (χ3n) is 4.45. The van der Waals surface area contributed by atoms with Crippen molar-refractivity contribution >= 4 is 10.9 Å². The molecule has 0 amide bonds.